The van der Waals surface area contributed by atoms with E-state index in [9.17, 15) is 14.4 Å². The van der Waals surface area contributed by atoms with Crippen LogP contribution >= 0.6 is 22.7 Å². The van der Waals surface area contributed by atoms with Gasteiger partial charge in [-0.05, 0) is 30.3 Å². The molecule has 0 fully saturated rings. The highest BCUT2D eigenvalue weighted by Gasteiger charge is 2.17. The molecule has 6 N–H and O–H groups in total. The van der Waals surface area contributed by atoms with E-state index in [1.807, 2.05) is 23.6 Å². The Morgan fingerprint density at radius 3 is 2.68 bits per heavy atom. The van der Waals surface area contributed by atoms with Crippen molar-refractivity contribution in [1.82, 2.24) is 15.3 Å². The number of carboxylic acid groups (broad SMARTS) is 1. The molecule has 0 bridgehead atoms. The number of nitrogens with one attached hydrogen (secondary N) is 3. The molecule has 0 aliphatic heterocycles. The fourth-order valence-electron chi connectivity index (χ4n) is 3.20. The number of hydrogen-bond acceptors (Lipinski definition) is 9. The van der Waals surface area contributed by atoms with E-state index in [4.69, 9.17) is 15.6 Å². The van der Waals surface area contributed by atoms with Crippen LogP contribution in [0, 0.1) is 0 Å². The fourth-order valence-corrected chi connectivity index (χ4v) is 5.01. The molecule has 0 saturated heterocycles. The Morgan fingerprint density at radius 1 is 1.08 bits per heavy atom. The Labute approximate surface area is 219 Å². The molecule has 37 heavy (non-hydrogen) atoms. The molecular weight excluding hydrogens is 516 g/mol. The largest absolute Gasteiger partial charge is 0.497 e. The summed E-state index contributed by atoms with van der Waals surface area (Å²) in [6.45, 7) is -0.0101. The Morgan fingerprint density at radius 2 is 1.89 bits per heavy atom. The molecule has 0 saturated carbocycles. The van der Waals surface area contributed by atoms with Crippen molar-refractivity contribution in [3.05, 3.63) is 59.5 Å². The average Bonchev–Trinajstić information content (AvgIpc) is 3.50. The van der Waals surface area contributed by atoms with Crippen LogP contribution in [0.15, 0.2) is 53.9 Å². The minimum atomic E-state index is -1.01. The van der Waals surface area contributed by atoms with E-state index < -0.39 is 12.0 Å². The van der Waals surface area contributed by atoms with Gasteiger partial charge in [0.2, 0.25) is 0 Å². The molecule has 4 rings (SSSR count). The van der Waals surface area contributed by atoms with Crippen LogP contribution in [0.25, 0.3) is 21.1 Å². The predicted molar refractivity (Wildman–Crippen MR) is 143 cm³/mol. The van der Waals surface area contributed by atoms with Crippen LogP contribution < -0.4 is 26.4 Å². The first-order valence-electron chi connectivity index (χ1n) is 10.9. The van der Waals surface area contributed by atoms with Crippen LogP contribution in [0.4, 0.5) is 21.4 Å². The second-order valence-corrected chi connectivity index (χ2v) is 9.42. The highest BCUT2D eigenvalue weighted by molar-refractivity contribution is 7.23. The summed E-state index contributed by atoms with van der Waals surface area (Å²) in [6, 6.07) is 13.6. The van der Waals surface area contributed by atoms with E-state index in [-0.39, 0.29) is 29.8 Å². The van der Waals surface area contributed by atoms with Gasteiger partial charge < -0.3 is 26.2 Å². The summed E-state index contributed by atoms with van der Waals surface area (Å²) in [6.07, 6.45) is -0.188. The lowest BCUT2D eigenvalue weighted by molar-refractivity contribution is -0.136. The summed E-state index contributed by atoms with van der Waals surface area (Å²) in [5.41, 5.74) is 8.62. The molecule has 0 radical (unpaired) electrons. The SMILES string of the molecule is COc1cccc(C(=O)Nc2cccc(-c3csc(-c4sc(NC(=O)NCCC(=O)O)nc4N)n3)c2)c1. The number of nitrogens with zero attached hydrogens (tertiary/aromatic N) is 2. The zero-order valence-electron chi connectivity index (χ0n) is 19.5. The number of aromatic nitrogens is 2. The lowest BCUT2D eigenvalue weighted by atomic mass is 10.1. The first kappa shape index (κ1) is 25.6. The van der Waals surface area contributed by atoms with Crippen molar-refractivity contribution in [1.29, 1.82) is 0 Å². The number of nitrogens with two attached hydrogens (primary N) is 1. The molecule has 0 atom stereocenters. The predicted octanol–water partition coefficient (Wildman–Crippen LogP) is 4.37. The number of ether oxygens (including phenoxy) is 1. The number of carbonyl (C=O) groups is 3. The number of carbonyl (C=O) groups excluding carboxylic acids is 2. The van der Waals surface area contributed by atoms with Gasteiger partial charge in [-0.25, -0.2) is 14.8 Å². The minimum absolute atomic E-state index is 0.0101. The zero-order valence-corrected chi connectivity index (χ0v) is 21.1. The van der Waals surface area contributed by atoms with Crippen molar-refractivity contribution >= 4 is 57.2 Å². The summed E-state index contributed by atoms with van der Waals surface area (Å²) < 4.78 is 5.18. The van der Waals surface area contributed by atoms with E-state index in [0.29, 0.717) is 32.6 Å². The number of aliphatic carboxylic acids is 1. The van der Waals surface area contributed by atoms with Crippen molar-refractivity contribution in [2.75, 3.05) is 30.0 Å². The summed E-state index contributed by atoms with van der Waals surface area (Å²) in [5, 5.41) is 19.3. The molecule has 13 heteroatoms. The monoisotopic (exact) mass is 538 g/mol. The van der Waals surface area contributed by atoms with Gasteiger partial charge in [0.25, 0.3) is 5.91 Å². The van der Waals surface area contributed by atoms with Crippen LogP contribution in [-0.4, -0.2) is 46.6 Å². The van der Waals surface area contributed by atoms with Gasteiger partial charge in [-0.15, -0.1) is 11.3 Å². The van der Waals surface area contributed by atoms with Crippen LogP contribution in [0.5, 0.6) is 5.75 Å². The first-order chi connectivity index (χ1) is 17.8. The maximum Gasteiger partial charge on any atom is 0.321 e. The Bertz CT molecular complexity index is 1450. The molecule has 2 aromatic carbocycles. The van der Waals surface area contributed by atoms with E-state index in [0.717, 1.165) is 16.9 Å². The average molecular weight is 539 g/mol. The van der Waals surface area contributed by atoms with Crippen LogP contribution in [-0.2, 0) is 4.79 Å². The Balaban J connectivity index is 1.45. The first-order valence-corrected chi connectivity index (χ1v) is 12.6. The zero-order chi connectivity index (χ0) is 26.4. The number of methoxy groups -OCH3 is 1. The molecule has 0 unspecified atom stereocenters. The molecule has 11 nitrogen and oxygen atoms in total. The number of rotatable bonds is 9. The number of anilines is 3. The Hall–Kier alpha value is -4.49. The van der Waals surface area contributed by atoms with Gasteiger partial charge in [0, 0.05) is 28.7 Å². The van der Waals surface area contributed by atoms with Gasteiger partial charge in [0.1, 0.15) is 21.5 Å². The third-order valence-electron chi connectivity index (χ3n) is 4.94. The van der Waals surface area contributed by atoms with Gasteiger partial charge in [-0.1, -0.05) is 29.5 Å². The fraction of sp³-hybridized carbons (Fsp3) is 0.125. The number of hydrogen-bond donors (Lipinski definition) is 5. The van der Waals surface area contributed by atoms with Gasteiger partial charge in [0.05, 0.1) is 19.2 Å². The lowest BCUT2D eigenvalue weighted by Crippen LogP contribution is -2.30. The molecule has 4 aromatic rings. The number of urea groups is 1. The third kappa shape index (κ3) is 6.59. The maximum atomic E-state index is 12.7. The molecule has 3 amide bonds. The second-order valence-electron chi connectivity index (χ2n) is 7.56. The van der Waals surface area contributed by atoms with E-state index in [1.54, 1.807) is 37.4 Å². The van der Waals surface area contributed by atoms with E-state index in [1.165, 1.54) is 11.3 Å². The summed E-state index contributed by atoms with van der Waals surface area (Å²) in [5.74, 6) is -0.466. The number of thiazole rings is 2. The van der Waals surface area contributed by atoms with Crippen molar-refractivity contribution in [3.8, 4) is 26.9 Å². The molecule has 0 aliphatic rings. The Kier molecular flexibility index (Phi) is 7.95. The normalized spacial score (nSPS) is 10.5. The van der Waals surface area contributed by atoms with Crippen molar-refractivity contribution in [2.45, 2.75) is 6.42 Å². The smallest absolute Gasteiger partial charge is 0.321 e. The van der Waals surface area contributed by atoms with Gasteiger partial charge in [-0.2, -0.15) is 0 Å². The third-order valence-corrected chi connectivity index (χ3v) is 6.93. The molecule has 190 valence electrons. The van der Waals surface area contributed by atoms with E-state index >= 15 is 0 Å². The number of amides is 3. The molecular formula is C24H22N6O5S2. The van der Waals surface area contributed by atoms with Gasteiger partial charge in [0.15, 0.2) is 5.13 Å². The van der Waals surface area contributed by atoms with E-state index in [2.05, 4.69) is 25.9 Å². The molecule has 2 heterocycles. The summed E-state index contributed by atoms with van der Waals surface area (Å²) in [4.78, 5) is 44.6. The van der Waals surface area contributed by atoms with Crippen molar-refractivity contribution in [2.24, 2.45) is 0 Å². The standard InChI is InChI=1S/C24H22N6O5S2/c1-35-16-7-3-5-14(11-16)21(33)27-15-6-2-4-13(10-15)17-12-36-22(28-17)19-20(25)29-24(37-19)30-23(34)26-9-8-18(31)32/h2-7,10-12H,8-9,25H2,1H3,(H,27,33)(H,31,32)(H2,26,29,30,34). The number of carboxylic acids is 1. The highest BCUT2D eigenvalue weighted by Crippen LogP contribution is 2.38. The molecule has 0 aliphatic carbocycles. The topological polar surface area (TPSA) is 169 Å². The second kappa shape index (κ2) is 11.5. The summed E-state index contributed by atoms with van der Waals surface area (Å²) in [7, 11) is 1.54. The summed E-state index contributed by atoms with van der Waals surface area (Å²) >= 11 is 2.52. The van der Waals surface area contributed by atoms with Crippen molar-refractivity contribution in [3.63, 3.8) is 0 Å². The van der Waals surface area contributed by atoms with Gasteiger partial charge in [-0.3, -0.25) is 14.9 Å². The molecule has 2 aromatic heterocycles. The minimum Gasteiger partial charge on any atom is -0.497 e. The highest BCUT2D eigenvalue weighted by atomic mass is 32.1. The maximum absolute atomic E-state index is 12.7. The number of benzene rings is 2. The van der Waals surface area contributed by atoms with Crippen molar-refractivity contribution < 1.29 is 24.2 Å². The van der Waals surface area contributed by atoms with Crippen LogP contribution in [0.2, 0.25) is 0 Å². The van der Waals surface area contributed by atoms with Crippen LogP contribution in [0.1, 0.15) is 16.8 Å². The lowest BCUT2D eigenvalue weighted by Gasteiger charge is -2.08. The van der Waals surface area contributed by atoms with Gasteiger partial charge >= 0.3 is 12.0 Å². The molecule has 0 spiro atoms. The number of nitrogen functional groups attached to an aromatic ring is 1. The van der Waals surface area contributed by atoms with Crippen LogP contribution in [0.3, 0.4) is 0 Å². The quantitative estimate of drug-likeness (QED) is 0.209.